The maximum atomic E-state index is 13.1. The van der Waals surface area contributed by atoms with Crippen LogP contribution in [0.2, 0.25) is 10.0 Å². The van der Waals surface area contributed by atoms with Gasteiger partial charge in [-0.15, -0.1) is 0 Å². The van der Waals surface area contributed by atoms with E-state index in [2.05, 4.69) is 4.90 Å². The van der Waals surface area contributed by atoms with E-state index in [1.54, 1.807) is 12.1 Å². The monoisotopic (exact) mass is 462 g/mol. The predicted molar refractivity (Wildman–Crippen MR) is 118 cm³/mol. The molecule has 0 saturated heterocycles. The molecule has 1 aliphatic heterocycles. The van der Waals surface area contributed by atoms with Crippen molar-refractivity contribution in [1.29, 1.82) is 0 Å². The minimum Gasteiger partial charge on any atom is -0.481 e. The third kappa shape index (κ3) is 3.87. The molecule has 2 N–H and O–H groups in total. The summed E-state index contributed by atoms with van der Waals surface area (Å²) in [6, 6.07) is 3.35. The topological polar surface area (TPSA) is 89.7 Å². The lowest BCUT2D eigenvalue weighted by Crippen LogP contribution is -2.39. The van der Waals surface area contributed by atoms with Crippen LogP contribution in [0.25, 0.3) is 0 Å². The van der Waals surface area contributed by atoms with Crippen LogP contribution in [0.1, 0.15) is 56.9 Å². The summed E-state index contributed by atoms with van der Waals surface area (Å²) in [5, 5.41) is 0.412. The molecule has 6 nitrogen and oxygen atoms in total. The van der Waals surface area contributed by atoms with Gasteiger partial charge in [-0.2, -0.15) is 0 Å². The fraction of sp³-hybridized carbons (Fsp3) is 0.435. The van der Waals surface area contributed by atoms with Crippen LogP contribution in [0, 0.1) is 0 Å². The number of Topliss-reactive ketones (excluding diaryl/α,β-unsaturated/α-hetero) is 2. The molecule has 0 fully saturated rings. The number of benzene rings is 1. The van der Waals surface area contributed by atoms with Crippen LogP contribution < -0.4 is 10.5 Å². The molecule has 0 radical (unpaired) electrons. The Balaban J connectivity index is 1.88. The van der Waals surface area contributed by atoms with Gasteiger partial charge in [-0.3, -0.25) is 14.4 Å². The number of nitrogens with zero attached hydrogens (tertiary/aromatic N) is 1. The molecule has 0 atom stereocenters. The number of ketones is 2. The summed E-state index contributed by atoms with van der Waals surface area (Å²) in [4.78, 5) is 39.5. The van der Waals surface area contributed by atoms with E-state index in [0.29, 0.717) is 36.1 Å². The number of halogens is 2. The number of hydrogen-bond acceptors (Lipinski definition) is 5. The number of ether oxygens (including phenoxy) is 1. The summed E-state index contributed by atoms with van der Waals surface area (Å²) >= 11 is 12.9. The Morgan fingerprint density at radius 2 is 1.55 bits per heavy atom. The van der Waals surface area contributed by atoms with Crippen molar-refractivity contribution in [2.75, 3.05) is 13.2 Å². The van der Waals surface area contributed by atoms with Gasteiger partial charge in [0.1, 0.15) is 0 Å². The standard InChI is InChI=1S/C23H24Cl2N2O4/c1-2-27-15-5-3-7-17(28)21(15)20(22-16(27)6-4-8-18(22)29)12-9-13(24)23(14(25)10-12)31-11-19(26)30/h9-10,20H,2-8,11H2,1H3,(H2,26,30). The van der Waals surface area contributed by atoms with Crippen molar-refractivity contribution in [2.45, 2.75) is 51.4 Å². The molecule has 0 aromatic heterocycles. The van der Waals surface area contributed by atoms with Crippen molar-refractivity contribution in [2.24, 2.45) is 5.73 Å². The Morgan fingerprint density at radius 3 is 2.00 bits per heavy atom. The molecule has 1 aromatic rings. The smallest absolute Gasteiger partial charge is 0.255 e. The van der Waals surface area contributed by atoms with E-state index in [-0.39, 0.29) is 34.0 Å². The summed E-state index contributed by atoms with van der Waals surface area (Å²) in [6.07, 6.45) is 4.14. The number of allylic oxidation sites excluding steroid dienone is 4. The van der Waals surface area contributed by atoms with Crippen molar-refractivity contribution in [1.82, 2.24) is 4.90 Å². The van der Waals surface area contributed by atoms with Crippen LogP contribution >= 0.6 is 23.2 Å². The number of amides is 1. The van der Waals surface area contributed by atoms with E-state index in [4.69, 9.17) is 33.7 Å². The minimum absolute atomic E-state index is 0.0657. The second-order valence-electron chi connectivity index (χ2n) is 8.02. The van der Waals surface area contributed by atoms with Gasteiger partial charge >= 0.3 is 0 Å². The maximum absolute atomic E-state index is 13.1. The van der Waals surface area contributed by atoms with Gasteiger partial charge in [0.05, 0.1) is 10.0 Å². The van der Waals surface area contributed by atoms with E-state index >= 15 is 0 Å². The lowest BCUT2D eigenvalue weighted by molar-refractivity contribution is -0.120. The molecule has 0 spiro atoms. The molecule has 31 heavy (non-hydrogen) atoms. The highest BCUT2D eigenvalue weighted by molar-refractivity contribution is 6.37. The van der Waals surface area contributed by atoms with Crippen molar-refractivity contribution < 1.29 is 19.1 Å². The molecule has 1 aromatic carbocycles. The highest BCUT2D eigenvalue weighted by atomic mass is 35.5. The van der Waals surface area contributed by atoms with Crippen molar-refractivity contribution in [3.05, 3.63) is 50.3 Å². The van der Waals surface area contributed by atoms with Crippen LogP contribution in [0.3, 0.4) is 0 Å². The van der Waals surface area contributed by atoms with Crippen molar-refractivity contribution in [3.63, 3.8) is 0 Å². The van der Waals surface area contributed by atoms with Gasteiger partial charge in [-0.05, 0) is 50.3 Å². The zero-order valence-corrected chi connectivity index (χ0v) is 18.8. The molecular weight excluding hydrogens is 439 g/mol. The van der Waals surface area contributed by atoms with Gasteiger partial charge < -0.3 is 15.4 Å². The highest BCUT2D eigenvalue weighted by Gasteiger charge is 2.43. The van der Waals surface area contributed by atoms with Crippen LogP contribution in [-0.4, -0.2) is 35.5 Å². The van der Waals surface area contributed by atoms with E-state index in [9.17, 15) is 14.4 Å². The third-order valence-corrected chi connectivity index (χ3v) is 6.68. The summed E-state index contributed by atoms with van der Waals surface area (Å²) in [5.74, 6) is -0.848. The Labute approximate surface area is 191 Å². The second kappa shape index (κ2) is 8.67. The molecule has 8 heteroatoms. The quantitative estimate of drug-likeness (QED) is 0.704. The maximum Gasteiger partial charge on any atom is 0.255 e. The number of primary amides is 1. The predicted octanol–water partition coefficient (Wildman–Crippen LogP) is 4.29. The number of carbonyl (C=O) groups is 3. The average molecular weight is 463 g/mol. The highest BCUT2D eigenvalue weighted by Crippen LogP contribution is 2.50. The van der Waals surface area contributed by atoms with Crippen LogP contribution in [0.4, 0.5) is 0 Å². The van der Waals surface area contributed by atoms with Crippen molar-refractivity contribution in [3.8, 4) is 5.75 Å². The lowest BCUT2D eigenvalue weighted by Gasteiger charge is -2.43. The Kier molecular flexibility index (Phi) is 6.13. The summed E-state index contributed by atoms with van der Waals surface area (Å²) in [7, 11) is 0. The third-order valence-electron chi connectivity index (χ3n) is 6.12. The first-order valence-corrected chi connectivity index (χ1v) is 11.3. The van der Waals surface area contributed by atoms with Gasteiger partial charge in [0.15, 0.2) is 23.9 Å². The minimum atomic E-state index is -0.645. The number of nitrogens with two attached hydrogens (primary N) is 1. The van der Waals surface area contributed by atoms with Crippen molar-refractivity contribution >= 4 is 40.7 Å². The van der Waals surface area contributed by atoms with Gasteiger partial charge in [-0.25, -0.2) is 0 Å². The molecule has 1 heterocycles. The zero-order chi connectivity index (χ0) is 22.3. The number of rotatable bonds is 5. The first-order chi connectivity index (χ1) is 14.8. The van der Waals surface area contributed by atoms with E-state index < -0.39 is 11.8 Å². The van der Waals surface area contributed by atoms with Gasteiger partial charge in [0, 0.05) is 47.8 Å². The molecule has 3 aliphatic rings. The summed E-state index contributed by atoms with van der Waals surface area (Å²) in [5.41, 5.74) is 9.22. The van der Waals surface area contributed by atoms with Gasteiger partial charge in [-0.1, -0.05) is 23.2 Å². The zero-order valence-electron chi connectivity index (χ0n) is 17.3. The lowest BCUT2D eigenvalue weighted by atomic mass is 9.71. The Hall–Kier alpha value is -2.31. The molecule has 0 bridgehead atoms. The summed E-state index contributed by atoms with van der Waals surface area (Å²) in [6.45, 7) is 2.41. The molecule has 164 valence electrons. The normalized spacial score (nSPS) is 19.5. The molecule has 1 amide bonds. The second-order valence-corrected chi connectivity index (χ2v) is 8.83. The Morgan fingerprint density at radius 1 is 1.03 bits per heavy atom. The SMILES string of the molecule is CCN1C2=C(C(=O)CCC2)C(c2cc(Cl)c(OCC(N)=O)c(Cl)c2)C2=C1CCCC2=O. The molecule has 2 aliphatic carbocycles. The fourth-order valence-electron chi connectivity index (χ4n) is 4.96. The number of carbonyl (C=O) groups excluding carboxylic acids is 3. The van der Waals surface area contributed by atoms with E-state index in [1.165, 1.54) is 0 Å². The van der Waals surface area contributed by atoms with Crippen LogP contribution in [-0.2, 0) is 14.4 Å². The van der Waals surface area contributed by atoms with Gasteiger partial charge in [0.25, 0.3) is 5.91 Å². The average Bonchev–Trinajstić information content (AvgIpc) is 2.71. The number of hydrogen-bond donors (Lipinski definition) is 1. The largest absolute Gasteiger partial charge is 0.481 e. The van der Waals surface area contributed by atoms with E-state index in [0.717, 1.165) is 37.1 Å². The Bertz CT molecular complexity index is 977. The van der Waals surface area contributed by atoms with Crippen LogP contribution in [0.5, 0.6) is 5.75 Å². The molecule has 0 unspecified atom stereocenters. The van der Waals surface area contributed by atoms with Gasteiger partial charge in [0.2, 0.25) is 0 Å². The molecular formula is C23H24Cl2N2O4. The van der Waals surface area contributed by atoms with E-state index in [1.807, 2.05) is 6.92 Å². The summed E-state index contributed by atoms with van der Waals surface area (Å²) < 4.78 is 5.36. The molecule has 0 saturated carbocycles. The molecule has 4 rings (SSSR count). The fourth-order valence-corrected chi connectivity index (χ4v) is 5.57. The van der Waals surface area contributed by atoms with Crippen LogP contribution in [0.15, 0.2) is 34.7 Å². The first kappa shape index (κ1) is 21.9. The first-order valence-electron chi connectivity index (χ1n) is 10.5.